The number of hydrogen-bond donors (Lipinski definition) is 0. The molecule has 3 nitrogen and oxygen atoms in total. The molecule has 0 fully saturated rings. The third-order valence-electron chi connectivity index (χ3n) is 2.42. The second-order valence-corrected chi connectivity index (χ2v) is 6.18. The van der Waals surface area contributed by atoms with Gasteiger partial charge in [0.05, 0.1) is 4.90 Å². The molecule has 0 atom stereocenters. The second-order valence-electron chi connectivity index (χ2n) is 3.78. The summed E-state index contributed by atoms with van der Waals surface area (Å²) in [7, 11) is -1.86. The van der Waals surface area contributed by atoms with E-state index in [0.29, 0.717) is 17.3 Å². The Balaban J connectivity index is 3.17. The fourth-order valence-electron chi connectivity index (χ4n) is 1.50. The van der Waals surface area contributed by atoms with Crippen molar-refractivity contribution < 1.29 is 8.42 Å². The van der Waals surface area contributed by atoms with Crippen LogP contribution in [0.3, 0.4) is 0 Å². The normalized spacial score (nSPS) is 12.1. The minimum absolute atomic E-state index is 0.292. The van der Waals surface area contributed by atoms with E-state index in [9.17, 15) is 8.42 Å². The molecule has 0 N–H and O–H groups in total. The Morgan fingerprint density at radius 1 is 1.31 bits per heavy atom. The number of nitrogens with zero attached hydrogens (tertiary/aromatic N) is 1. The molecule has 0 spiro atoms. The predicted molar refractivity (Wildman–Crippen MR) is 66.5 cm³/mol. The van der Waals surface area contributed by atoms with Crippen molar-refractivity contribution in [1.82, 2.24) is 4.31 Å². The Kier molecular flexibility index (Phi) is 4.35. The van der Waals surface area contributed by atoms with E-state index in [1.807, 2.05) is 13.0 Å². The fourth-order valence-corrected chi connectivity index (χ4v) is 3.22. The van der Waals surface area contributed by atoms with Gasteiger partial charge in [-0.1, -0.05) is 17.7 Å². The summed E-state index contributed by atoms with van der Waals surface area (Å²) in [6, 6.07) is 5.31. The SMILES string of the molecule is Cc1ccc(S(=O)(=O)N(C)CCCl)c(C)c1. The molecule has 0 bridgehead atoms. The van der Waals surface area contributed by atoms with E-state index in [4.69, 9.17) is 11.6 Å². The van der Waals surface area contributed by atoms with Crippen molar-refractivity contribution in [3.8, 4) is 0 Å². The van der Waals surface area contributed by atoms with Crippen molar-refractivity contribution in [3.63, 3.8) is 0 Å². The number of rotatable bonds is 4. The number of halogens is 1. The molecule has 0 aromatic heterocycles. The zero-order valence-corrected chi connectivity index (χ0v) is 11.3. The lowest BCUT2D eigenvalue weighted by Crippen LogP contribution is -2.29. The quantitative estimate of drug-likeness (QED) is 0.779. The van der Waals surface area contributed by atoms with Gasteiger partial charge in [0.2, 0.25) is 10.0 Å². The van der Waals surface area contributed by atoms with Gasteiger partial charge in [-0.05, 0) is 25.5 Å². The molecule has 0 aliphatic rings. The van der Waals surface area contributed by atoms with Crippen LogP contribution < -0.4 is 0 Å². The molecular weight excluding hydrogens is 246 g/mol. The minimum Gasteiger partial charge on any atom is -0.207 e. The number of alkyl halides is 1. The van der Waals surface area contributed by atoms with Gasteiger partial charge in [0.1, 0.15) is 0 Å². The average Bonchev–Trinajstić information content (AvgIpc) is 2.17. The van der Waals surface area contributed by atoms with Gasteiger partial charge < -0.3 is 0 Å². The Labute approximate surface area is 102 Å². The van der Waals surface area contributed by atoms with E-state index in [0.717, 1.165) is 11.1 Å². The summed E-state index contributed by atoms with van der Waals surface area (Å²) in [5.74, 6) is 0.292. The number of aryl methyl sites for hydroxylation is 2. The molecule has 16 heavy (non-hydrogen) atoms. The molecule has 0 radical (unpaired) electrons. The zero-order valence-electron chi connectivity index (χ0n) is 9.70. The number of hydrogen-bond acceptors (Lipinski definition) is 2. The Morgan fingerprint density at radius 2 is 1.94 bits per heavy atom. The lowest BCUT2D eigenvalue weighted by molar-refractivity contribution is 0.487. The van der Waals surface area contributed by atoms with Crippen molar-refractivity contribution in [2.75, 3.05) is 19.5 Å². The minimum atomic E-state index is -3.40. The van der Waals surface area contributed by atoms with E-state index in [-0.39, 0.29) is 0 Å². The molecule has 0 aliphatic heterocycles. The molecule has 0 saturated carbocycles. The van der Waals surface area contributed by atoms with Crippen LogP contribution in [-0.2, 0) is 10.0 Å². The highest BCUT2D eigenvalue weighted by Gasteiger charge is 2.21. The molecular formula is C11H16ClNO2S. The van der Waals surface area contributed by atoms with Crippen LogP contribution in [0, 0.1) is 13.8 Å². The first-order valence-corrected chi connectivity index (χ1v) is 6.96. The van der Waals surface area contributed by atoms with Crippen LogP contribution in [0.15, 0.2) is 23.1 Å². The van der Waals surface area contributed by atoms with E-state index in [1.54, 1.807) is 19.1 Å². The Morgan fingerprint density at radius 3 is 2.44 bits per heavy atom. The summed E-state index contributed by atoms with van der Waals surface area (Å²) in [6.45, 7) is 4.05. The highest BCUT2D eigenvalue weighted by Crippen LogP contribution is 2.19. The van der Waals surface area contributed by atoms with E-state index in [2.05, 4.69) is 0 Å². The first kappa shape index (κ1) is 13.5. The van der Waals surface area contributed by atoms with Crippen molar-refractivity contribution >= 4 is 21.6 Å². The summed E-state index contributed by atoms with van der Waals surface area (Å²) in [5.41, 5.74) is 1.82. The topological polar surface area (TPSA) is 37.4 Å². The van der Waals surface area contributed by atoms with Crippen molar-refractivity contribution in [3.05, 3.63) is 29.3 Å². The van der Waals surface area contributed by atoms with Crippen LogP contribution in [0.5, 0.6) is 0 Å². The first-order chi connectivity index (χ1) is 7.39. The lowest BCUT2D eigenvalue weighted by atomic mass is 10.2. The van der Waals surface area contributed by atoms with Crippen molar-refractivity contribution in [1.29, 1.82) is 0 Å². The highest BCUT2D eigenvalue weighted by molar-refractivity contribution is 7.89. The average molecular weight is 262 g/mol. The standard InChI is InChI=1S/C11H16ClNO2S/c1-9-4-5-11(10(2)8-9)16(14,15)13(3)7-6-12/h4-5,8H,6-7H2,1-3H3. The maximum absolute atomic E-state index is 12.1. The van der Waals surface area contributed by atoms with Crippen LogP contribution in [0.4, 0.5) is 0 Å². The van der Waals surface area contributed by atoms with Gasteiger partial charge >= 0.3 is 0 Å². The summed E-state index contributed by atoms with van der Waals surface area (Å²) in [6.07, 6.45) is 0. The predicted octanol–water partition coefficient (Wildman–Crippen LogP) is 2.16. The second kappa shape index (κ2) is 5.17. The number of benzene rings is 1. The van der Waals surface area contributed by atoms with Crippen LogP contribution in [0.25, 0.3) is 0 Å². The Bertz CT molecular complexity index is 471. The summed E-state index contributed by atoms with van der Waals surface area (Å²) < 4.78 is 25.5. The first-order valence-electron chi connectivity index (χ1n) is 4.99. The van der Waals surface area contributed by atoms with Crippen LogP contribution in [0.1, 0.15) is 11.1 Å². The highest BCUT2D eigenvalue weighted by atomic mass is 35.5. The summed E-state index contributed by atoms with van der Waals surface area (Å²) >= 11 is 5.55. The maximum atomic E-state index is 12.1. The fraction of sp³-hybridized carbons (Fsp3) is 0.455. The lowest BCUT2D eigenvalue weighted by Gasteiger charge is -2.17. The molecule has 1 rings (SSSR count). The molecule has 0 amide bonds. The number of sulfonamides is 1. The van der Waals surface area contributed by atoms with E-state index >= 15 is 0 Å². The van der Waals surface area contributed by atoms with Gasteiger partial charge in [-0.25, -0.2) is 8.42 Å². The molecule has 5 heteroatoms. The van der Waals surface area contributed by atoms with Gasteiger partial charge in [0.25, 0.3) is 0 Å². The van der Waals surface area contributed by atoms with Gasteiger partial charge in [-0.3, -0.25) is 0 Å². The molecule has 0 heterocycles. The third-order valence-corrected chi connectivity index (χ3v) is 4.60. The van der Waals surface area contributed by atoms with E-state index < -0.39 is 10.0 Å². The molecule has 0 saturated heterocycles. The largest absolute Gasteiger partial charge is 0.243 e. The van der Waals surface area contributed by atoms with Gasteiger partial charge in [-0.2, -0.15) is 4.31 Å². The smallest absolute Gasteiger partial charge is 0.207 e. The van der Waals surface area contributed by atoms with Crippen LogP contribution >= 0.6 is 11.6 Å². The summed E-state index contributed by atoms with van der Waals surface area (Å²) in [4.78, 5) is 0.353. The van der Waals surface area contributed by atoms with Gasteiger partial charge in [0.15, 0.2) is 0 Å². The molecule has 1 aromatic rings. The molecule has 1 aromatic carbocycles. The van der Waals surface area contributed by atoms with Gasteiger partial charge in [0, 0.05) is 19.5 Å². The molecule has 90 valence electrons. The van der Waals surface area contributed by atoms with Crippen molar-refractivity contribution in [2.24, 2.45) is 0 Å². The Hall–Kier alpha value is -0.580. The zero-order chi connectivity index (χ0) is 12.3. The molecule has 0 unspecified atom stereocenters. The monoisotopic (exact) mass is 261 g/mol. The van der Waals surface area contributed by atoms with Crippen LogP contribution in [-0.4, -0.2) is 32.2 Å². The van der Waals surface area contributed by atoms with Crippen LogP contribution in [0.2, 0.25) is 0 Å². The van der Waals surface area contributed by atoms with Gasteiger partial charge in [-0.15, -0.1) is 11.6 Å². The third kappa shape index (κ3) is 2.75. The maximum Gasteiger partial charge on any atom is 0.243 e. The molecule has 0 aliphatic carbocycles. The summed E-state index contributed by atoms with van der Waals surface area (Å²) in [5, 5.41) is 0. The van der Waals surface area contributed by atoms with E-state index in [1.165, 1.54) is 11.4 Å². The van der Waals surface area contributed by atoms with Crippen molar-refractivity contribution in [2.45, 2.75) is 18.7 Å².